The van der Waals surface area contributed by atoms with Crippen LogP contribution in [0, 0.1) is 0 Å². The maximum Gasteiger partial charge on any atom is 0.319 e. The number of hydrogen-bond acceptors (Lipinski definition) is 4. The lowest BCUT2D eigenvalue weighted by Crippen LogP contribution is -2.33. The zero-order chi connectivity index (χ0) is 19.1. The van der Waals surface area contributed by atoms with E-state index in [0.29, 0.717) is 31.3 Å². The molecule has 0 atom stereocenters. The summed E-state index contributed by atoms with van der Waals surface area (Å²) >= 11 is 0. The molecule has 0 bridgehead atoms. The molecule has 1 heterocycles. The number of ether oxygens (including phenoxy) is 1. The number of carbonyl (C=O) groups excluding carboxylic acids is 1. The third-order valence-electron chi connectivity index (χ3n) is 4.41. The Hall–Kier alpha value is -2.83. The van der Waals surface area contributed by atoms with E-state index < -0.39 is 0 Å². The second kappa shape index (κ2) is 9.21. The molecular formula is C20H26N4O3. The van der Waals surface area contributed by atoms with Crippen LogP contribution < -0.4 is 20.9 Å². The van der Waals surface area contributed by atoms with Gasteiger partial charge in [-0.2, -0.15) is 0 Å². The maximum atomic E-state index is 12.0. The second-order valence-corrected chi connectivity index (χ2v) is 6.73. The minimum absolute atomic E-state index is 0.0761. The Bertz CT molecular complexity index is 813. The summed E-state index contributed by atoms with van der Waals surface area (Å²) in [5.74, 6) is 1.25. The molecule has 7 heteroatoms. The van der Waals surface area contributed by atoms with Crippen LogP contribution in [0.15, 0.2) is 41.5 Å². The van der Waals surface area contributed by atoms with Gasteiger partial charge in [0, 0.05) is 30.8 Å². The number of anilines is 1. The Morgan fingerprint density at radius 2 is 2.07 bits per heavy atom. The van der Waals surface area contributed by atoms with Gasteiger partial charge in [-0.15, -0.1) is 0 Å². The highest BCUT2D eigenvalue weighted by Crippen LogP contribution is 2.38. The molecule has 0 spiro atoms. The maximum absolute atomic E-state index is 12.0. The van der Waals surface area contributed by atoms with Crippen LogP contribution in [-0.4, -0.2) is 28.7 Å². The zero-order valence-electron chi connectivity index (χ0n) is 15.6. The van der Waals surface area contributed by atoms with E-state index in [2.05, 4.69) is 22.5 Å². The molecule has 1 fully saturated rings. The fourth-order valence-corrected chi connectivity index (χ4v) is 2.64. The van der Waals surface area contributed by atoms with Crippen molar-refractivity contribution in [2.75, 3.05) is 18.5 Å². The Kier molecular flexibility index (Phi) is 6.46. The fraction of sp³-hybridized carbons (Fsp3) is 0.450. The first-order chi connectivity index (χ1) is 13.2. The summed E-state index contributed by atoms with van der Waals surface area (Å²) in [5.41, 5.74) is 1.49. The minimum Gasteiger partial charge on any atom is -0.494 e. The average molecular weight is 370 g/mol. The van der Waals surface area contributed by atoms with Gasteiger partial charge in [0.05, 0.1) is 18.6 Å². The summed E-state index contributed by atoms with van der Waals surface area (Å²) in [4.78, 5) is 28.4. The predicted octanol–water partition coefficient (Wildman–Crippen LogP) is 3.12. The van der Waals surface area contributed by atoms with E-state index in [1.165, 1.54) is 4.57 Å². The number of amides is 2. The Morgan fingerprint density at radius 1 is 1.30 bits per heavy atom. The summed E-state index contributed by atoms with van der Waals surface area (Å²) in [6.07, 6.45) is 5.90. The molecule has 1 saturated carbocycles. The van der Waals surface area contributed by atoms with Crippen LogP contribution in [0.4, 0.5) is 10.5 Å². The number of nitrogens with zero attached hydrogens (tertiary/aromatic N) is 2. The largest absolute Gasteiger partial charge is 0.494 e. The number of carbonyl (C=O) groups is 1. The molecule has 2 N–H and O–H groups in total. The Balaban J connectivity index is 1.41. The highest BCUT2D eigenvalue weighted by Gasteiger charge is 2.25. The molecule has 1 aromatic heterocycles. The summed E-state index contributed by atoms with van der Waals surface area (Å²) < 4.78 is 7.10. The molecule has 7 nitrogen and oxygen atoms in total. The van der Waals surface area contributed by atoms with E-state index in [4.69, 9.17) is 4.74 Å². The van der Waals surface area contributed by atoms with Crippen molar-refractivity contribution in [3.8, 4) is 5.75 Å². The first-order valence-corrected chi connectivity index (χ1v) is 9.50. The number of urea groups is 1. The van der Waals surface area contributed by atoms with Crippen LogP contribution in [0.5, 0.6) is 5.75 Å². The quantitative estimate of drug-likeness (QED) is 0.664. The van der Waals surface area contributed by atoms with E-state index >= 15 is 0 Å². The highest BCUT2D eigenvalue weighted by molar-refractivity contribution is 5.89. The van der Waals surface area contributed by atoms with E-state index in [0.717, 1.165) is 37.1 Å². The van der Waals surface area contributed by atoms with Crippen molar-refractivity contribution in [1.82, 2.24) is 14.9 Å². The molecule has 1 aliphatic carbocycles. The normalized spacial score (nSPS) is 13.2. The number of hydrogen-bond donors (Lipinski definition) is 2. The van der Waals surface area contributed by atoms with Crippen LogP contribution in [-0.2, 0) is 6.54 Å². The zero-order valence-corrected chi connectivity index (χ0v) is 15.6. The standard InChI is InChI=1S/C20H26N4O3/c1-2-3-12-27-17-8-6-16(7-9-17)23-20(26)21-10-11-24-14-22-18(13-19(24)25)15-4-5-15/h6-9,13-15H,2-5,10-12H2,1H3,(H2,21,23,26). The third-order valence-corrected chi connectivity index (χ3v) is 4.41. The molecule has 1 aliphatic rings. The minimum atomic E-state index is -0.315. The van der Waals surface area contributed by atoms with Gasteiger partial charge in [0.2, 0.25) is 0 Å². The highest BCUT2D eigenvalue weighted by atomic mass is 16.5. The molecule has 0 unspecified atom stereocenters. The average Bonchev–Trinajstić information content (AvgIpc) is 3.50. The van der Waals surface area contributed by atoms with Gasteiger partial charge < -0.3 is 15.4 Å². The van der Waals surface area contributed by atoms with E-state index in [1.54, 1.807) is 24.5 Å². The Morgan fingerprint density at radius 3 is 2.74 bits per heavy atom. The topological polar surface area (TPSA) is 85.2 Å². The van der Waals surface area contributed by atoms with E-state index in [1.807, 2.05) is 12.1 Å². The second-order valence-electron chi connectivity index (χ2n) is 6.73. The molecule has 2 aromatic rings. The number of unbranched alkanes of at least 4 members (excludes halogenated alkanes) is 1. The summed E-state index contributed by atoms with van der Waals surface area (Å²) in [5, 5.41) is 5.51. The number of aromatic nitrogens is 2. The molecule has 3 rings (SSSR count). The van der Waals surface area contributed by atoms with Crippen LogP contribution in [0.2, 0.25) is 0 Å². The molecule has 0 saturated heterocycles. The first kappa shape index (κ1) is 18.9. The lowest BCUT2D eigenvalue weighted by molar-refractivity contribution is 0.251. The molecule has 27 heavy (non-hydrogen) atoms. The van der Waals surface area contributed by atoms with Gasteiger partial charge in [-0.25, -0.2) is 9.78 Å². The van der Waals surface area contributed by atoms with Crippen molar-refractivity contribution < 1.29 is 9.53 Å². The van der Waals surface area contributed by atoms with Gasteiger partial charge in [-0.1, -0.05) is 13.3 Å². The van der Waals surface area contributed by atoms with Gasteiger partial charge in [0.15, 0.2) is 0 Å². The SMILES string of the molecule is CCCCOc1ccc(NC(=O)NCCn2cnc(C3CC3)cc2=O)cc1. The van der Waals surface area contributed by atoms with Crippen LogP contribution in [0.1, 0.15) is 44.2 Å². The number of nitrogens with one attached hydrogen (secondary N) is 2. The molecule has 2 amide bonds. The van der Waals surface area contributed by atoms with E-state index in [-0.39, 0.29) is 11.6 Å². The van der Waals surface area contributed by atoms with Crippen LogP contribution in [0.3, 0.4) is 0 Å². The lowest BCUT2D eigenvalue weighted by Gasteiger charge is -2.10. The van der Waals surface area contributed by atoms with Crippen molar-refractivity contribution in [2.24, 2.45) is 0 Å². The van der Waals surface area contributed by atoms with Crippen LogP contribution >= 0.6 is 0 Å². The van der Waals surface area contributed by atoms with Gasteiger partial charge in [-0.3, -0.25) is 9.36 Å². The molecule has 0 radical (unpaired) electrons. The Labute approximate surface area is 158 Å². The molecule has 144 valence electrons. The first-order valence-electron chi connectivity index (χ1n) is 9.50. The van der Waals surface area contributed by atoms with Crippen molar-refractivity contribution in [3.05, 3.63) is 52.7 Å². The monoisotopic (exact) mass is 370 g/mol. The fourth-order valence-electron chi connectivity index (χ4n) is 2.64. The van der Waals surface area contributed by atoms with Crippen LogP contribution in [0.25, 0.3) is 0 Å². The van der Waals surface area contributed by atoms with Crippen molar-refractivity contribution in [1.29, 1.82) is 0 Å². The summed E-state index contributed by atoms with van der Waals surface area (Å²) in [7, 11) is 0. The molecule has 0 aliphatic heterocycles. The number of rotatable bonds is 9. The smallest absolute Gasteiger partial charge is 0.319 e. The number of benzene rings is 1. The van der Waals surface area contributed by atoms with Crippen molar-refractivity contribution in [3.63, 3.8) is 0 Å². The van der Waals surface area contributed by atoms with Gasteiger partial charge in [0.25, 0.3) is 5.56 Å². The lowest BCUT2D eigenvalue weighted by atomic mass is 10.3. The van der Waals surface area contributed by atoms with Crippen molar-refractivity contribution >= 4 is 11.7 Å². The van der Waals surface area contributed by atoms with E-state index in [9.17, 15) is 9.59 Å². The molecular weight excluding hydrogens is 344 g/mol. The molecule has 1 aromatic carbocycles. The van der Waals surface area contributed by atoms with Gasteiger partial charge >= 0.3 is 6.03 Å². The van der Waals surface area contributed by atoms with Crippen molar-refractivity contribution in [2.45, 2.75) is 45.1 Å². The predicted molar refractivity (Wildman–Crippen MR) is 104 cm³/mol. The van der Waals surface area contributed by atoms with Gasteiger partial charge in [0.1, 0.15) is 5.75 Å². The summed E-state index contributed by atoms with van der Waals surface area (Å²) in [6.45, 7) is 3.54. The summed E-state index contributed by atoms with van der Waals surface area (Å²) in [6, 6.07) is 8.54. The van der Waals surface area contributed by atoms with Gasteiger partial charge in [-0.05, 0) is 43.5 Å². The third kappa shape index (κ3) is 5.84.